The minimum absolute atomic E-state index is 0.0763. The number of hydrogen-bond donors (Lipinski definition) is 2. The molecule has 3 nitrogen and oxygen atoms in total. The van der Waals surface area contributed by atoms with Crippen LogP contribution in [0.2, 0.25) is 10.0 Å². The van der Waals surface area contributed by atoms with Gasteiger partial charge in [0.25, 0.3) is 0 Å². The molecule has 20 heavy (non-hydrogen) atoms. The van der Waals surface area contributed by atoms with Gasteiger partial charge in [-0.2, -0.15) is 0 Å². The summed E-state index contributed by atoms with van der Waals surface area (Å²) in [5.74, 6) is 0. The zero-order valence-electron chi connectivity index (χ0n) is 11.2. The maximum Gasteiger partial charge on any atom is 0.0453 e. The van der Waals surface area contributed by atoms with Crippen LogP contribution >= 0.6 is 23.2 Å². The molecule has 106 valence electrons. The molecule has 0 aliphatic heterocycles. The van der Waals surface area contributed by atoms with E-state index in [1.165, 1.54) is 0 Å². The SMILES string of the molecule is CCNC(Cc1ccc(Cl)cc1Cl)c1cnccc1N. The van der Waals surface area contributed by atoms with Crippen molar-refractivity contribution in [3.05, 3.63) is 57.8 Å². The van der Waals surface area contributed by atoms with Crippen molar-refractivity contribution in [3.8, 4) is 0 Å². The second-order valence-corrected chi connectivity index (χ2v) is 5.40. The molecule has 1 aromatic carbocycles. The summed E-state index contributed by atoms with van der Waals surface area (Å²) in [6.07, 6.45) is 4.23. The summed E-state index contributed by atoms with van der Waals surface area (Å²) in [4.78, 5) is 4.15. The molecule has 0 aliphatic rings. The zero-order valence-corrected chi connectivity index (χ0v) is 12.7. The molecule has 3 N–H and O–H groups in total. The summed E-state index contributed by atoms with van der Waals surface area (Å²) in [6, 6.07) is 7.43. The summed E-state index contributed by atoms with van der Waals surface area (Å²) in [5.41, 5.74) is 8.79. The summed E-state index contributed by atoms with van der Waals surface area (Å²) < 4.78 is 0. The number of benzene rings is 1. The van der Waals surface area contributed by atoms with Gasteiger partial charge in [-0.3, -0.25) is 4.98 Å². The summed E-state index contributed by atoms with van der Waals surface area (Å²) >= 11 is 12.2. The first-order chi connectivity index (χ1) is 9.61. The molecule has 2 aromatic rings. The Kier molecular flexibility index (Phi) is 5.24. The molecule has 0 fully saturated rings. The third-order valence-electron chi connectivity index (χ3n) is 3.15. The van der Waals surface area contributed by atoms with Gasteiger partial charge in [-0.15, -0.1) is 0 Å². The molecule has 1 atom stereocenters. The van der Waals surface area contributed by atoms with Gasteiger partial charge in [0.1, 0.15) is 0 Å². The molecule has 0 aliphatic carbocycles. The molecule has 0 amide bonds. The molecule has 1 aromatic heterocycles. The van der Waals surface area contributed by atoms with Crippen LogP contribution in [0.3, 0.4) is 0 Å². The van der Waals surface area contributed by atoms with Crippen molar-refractivity contribution in [3.63, 3.8) is 0 Å². The molecular weight excluding hydrogens is 293 g/mol. The Bertz CT molecular complexity index is 587. The van der Waals surface area contributed by atoms with Crippen molar-refractivity contribution in [1.82, 2.24) is 10.3 Å². The molecule has 0 bridgehead atoms. The average Bonchev–Trinajstić information content (AvgIpc) is 2.42. The highest BCUT2D eigenvalue weighted by atomic mass is 35.5. The molecule has 0 radical (unpaired) electrons. The average molecular weight is 310 g/mol. The van der Waals surface area contributed by atoms with E-state index in [-0.39, 0.29) is 6.04 Å². The van der Waals surface area contributed by atoms with Gasteiger partial charge in [0.05, 0.1) is 0 Å². The number of pyridine rings is 1. The number of rotatable bonds is 5. The van der Waals surface area contributed by atoms with Crippen LogP contribution in [0.5, 0.6) is 0 Å². The predicted octanol–water partition coefficient (Wildman–Crippen LogP) is 3.86. The Labute approximate surface area is 129 Å². The molecule has 0 saturated carbocycles. The quantitative estimate of drug-likeness (QED) is 0.881. The summed E-state index contributed by atoms with van der Waals surface area (Å²) in [5, 5.41) is 4.73. The number of nitrogens with one attached hydrogen (secondary N) is 1. The van der Waals surface area contributed by atoms with Crippen molar-refractivity contribution in [2.24, 2.45) is 0 Å². The lowest BCUT2D eigenvalue weighted by molar-refractivity contribution is 0.550. The molecule has 1 unspecified atom stereocenters. The number of halogens is 2. The fourth-order valence-corrected chi connectivity index (χ4v) is 2.64. The first-order valence-corrected chi connectivity index (χ1v) is 7.24. The van der Waals surface area contributed by atoms with Gasteiger partial charge in [0.15, 0.2) is 0 Å². The van der Waals surface area contributed by atoms with Gasteiger partial charge in [0, 0.05) is 39.7 Å². The maximum absolute atomic E-state index is 6.24. The molecule has 0 spiro atoms. The summed E-state index contributed by atoms with van der Waals surface area (Å²) in [7, 11) is 0. The fourth-order valence-electron chi connectivity index (χ4n) is 2.15. The second-order valence-electron chi connectivity index (χ2n) is 4.55. The van der Waals surface area contributed by atoms with Crippen LogP contribution in [0, 0.1) is 0 Å². The normalized spacial score (nSPS) is 12.3. The number of anilines is 1. The smallest absolute Gasteiger partial charge is 0.0453 e. The molecule has 2 rings (SSSR count). The number of nitrogens with two attached hydrogens (primary N) is 1. The van der Waals surface area contributed by atoms with Crippen LogP contribution in [0.15, 0.2) is 36.7 Å². The highest BCUT2D eigenvalue weighted by molar-refractivity contribution is 6.35. The Morgan fingerprint density at radius 3 is 2.75 bits per heavy atom. The first kappa shape index (κ1) is 15.1. The number of nitrogens with zero attached hydrogens (tertiary/aromatic N) is 1. The Balaban J connectivity index is 2.28. The predicted molar refractivity (Wildman–Crippen MR) is 85.2 cm³/mol. The maximum atomic E-state index is 6.24. The lowest BCUT2D eigenvalue weighted by Gasteiger charge is -2.20. The number of nitrogen functional groups attached to an aromatic ring is 1. The molecule has 5 heteroatoms. The van der Waals surface area contributed by atoms with Gasteiger partial charge < -0.3 is 11.1 Å². The van der Waals surface area contributed by atoms with E-state index < -0.39 is 0 Å². The van der Waals surface area contributed by atoms with Crippen LogP contribution in [-0.4, -0.2) is 11.5 Å². The number of likely N-dealkylation sites (N-methyl/N-ethyl adjacent to an activating group) is 1. The highest BCUT2D eigenvalue weighted by Gasteiger charge is 2.15. The second kappa shape index (κ2) is 6.93. The van der Waals surface area contributed by atoms with Gasteiger partial charge >= 0.3 is 0 Å². The topological polar surface area (TPSA) is 50.9 Å². The van der Waals surface area contributed by atoms with Crippen LogP contribution in [-0.2, 0) is 6.42 Å². The minimum atomic E-state index is 0.0763. The molecular formula is C15H17Cl2N3. The van der Waals surface area contributed by atoms with E-state index in [4.69, 9.17) is 28.9 Å². The van der Waals surface area contributed by atoms with Crippen LogP contribution in [0.4, 0.5) is 5.69 Å². The van der Waals surface area contributed by atoms with Crippen molar-refractivity contribution >= 4 is 28.9 Å². The number of aromatic nitrogens is 1. The van der Waals surface area contributed by atoms with E-state index in [0.717, 1.165) is 29.8 Å². The standard InChI is InChI=1S/C15H17Cl2N3/c1-2-20-15(12-9-19-6-5-14(12)18)7-10-3-4-11(16)8-13(10)17/h3-6,8-9,15,20H,2,7H2,1H3,(H2,18,19). The van der Waals surface area contributed by atoms with Crippen molar-refractivity contribution < 1.29 is 0 Å². The largest absolute Gasteiger partial charge is 0.398 e. The van der Waals surface area contributed by atoms with Gasteiger partial charge in [-0.1, -0.05) is 36.2 Å². The van der Waals surface area contributed by atoms with Gasteiger partial charge in [-0.05, 0) is 36.7 Å². The van der Waals surface area contributed by atoms with E-state index in [0.29, 0.717) is 10.0 Å². The van der Waals surface area contributed by atoms with Crippen LogP contribution < -0.4 is 11.1 Å². The van der Waals surface area contributed by atoms with E-state index in [2.05, 4.69) is 17.2 Å². The number of hydrogen-bond acceptors (Lipinski definition) is 3. The fraction of sp³-hybridized carbons (Fsp3) is 0.267. The Hall–Kier alpha value is -1.29. The molecule has 0 saturated heterocycles. The molecule has 1 heterocycles. The zero-order chi connectivity index (χ0) is 14.5. The highest BCUT2D eigenvalue weighted by Crippen LogP contribution is 2.28. The van der Waals surface area contributed by atoms with Crippen molar-refractivity contribution in [2.75, 3.05) is 12.3 Å². The Morgan fingerprint density at radius 1 is 1.30 bits per heavy atom. The lowest BCUT2D eigenvalue weighted by atomic mass is 9.99. The van der Waals surface area contributed by atoms with E-state index in [1.807, 2.05) is 18.2 Å². The lowest BCUT2D eigenvalue weighted by Crippen LogP contribution is -2.24. The van der Waals surface area contributed by atoms with E-state index in [9.17, 15) is 0 Å². The summed E-state index contributed by atoms with van der Waals surface area (Å²) in [6.45, 7) is 2.90. The third-order valence-corrected chi connectivity index (χ3v) is 3.74. The van der Waals surface area contributed by atoms with Crippen molar-refractivity contribution in [2.45, 2.75) is 19.4 Å². The monoisotopic (exact) mass is 309 g/mol. The van der Waals surface area contributed by atoms with Gasteiger partial charge in [0.2, 0.25) is 0 Å². The van der Waals surface area contributed by atoms with Gasteiger partial charge in [-0.25, -0.2) is 0 Å². The van der Waals surface area contributed by atoms with E-state index >= 15 is 0 Å². The van der Waals surface area contributed by atoms with Crippen LogP contribution in [0.25, 0.3) is 0 Å². The first-order valence-electron chi connectivity index (χ1n) is 6.48. The minimum Gasteiger partial charge on any atom is -0.398 e. The Morgan fingerprint density at radius 2 is 2.10 bits per heavy atom. The van der Waals surface area contributed by atoms with Crippen LogP contribution in [0.1, 0.15) is 24.1 Å². The third kappa shape index (κ3) is 3.63. The van der Waals surface area contributed by atoms with Crippen molar-refractivity contribution in [1.29, 1.82) is 0 Å². The van der Waals surface area contributed by atoms with E-state index in [1.54, 1.807) is 18.5 Å².